The molecule has 1 aliphatic heterocycles. The minimum atomic E-state index is -0.552. The summed E-state index contributed by atoms with van der Waals surface area (Å²) in [5.74, 6) is 0.326. The van der Waals surface area contributed by atoms with Crippen molar-refractivity contribution in [1.82, 2.24) is 10.2 Å². The average Bonchev–Trinajstić information content (AvgIpc) is 2.48. The van der Waals surface area contributed by atoms with Crippen LogP contribution in [0, 0.1) is 5.92 Å². The Kier molecular flexibility index (Phi) is 4.99. The van der Waals surface area contributed by atoms with Crippen LogP contribution in [0.4, 0.5) is 0 Å². The Balaban J connectivity index is 2.19. The zero-order valence-corrected chi connectivity index (χ0v) is 13.0. The minimum Gasteiger partial charge on any atom is -0.339 e. The van der Waals surface area contributed by atoms with Gasteiger partial charge in [0.25, 0.3) is 0 Å². The Morgan fingerprint density at radius 2 is 1.90 bits per heavy atom. The van der Waals surface area contributed by atoms with Crippen LogP contribution in [0.25, 0.3) is 0 Å². The van der Waals surface area contributed by atoms with Crippen LogP contribution < -0.4 is 5.32 Å². The maximum absolute atomic E-state index is 12.7. The summed E-state index contributed by atoms with van der Waals surface area (Å²) in [7, 11) is 0. The minimum absolute atomic E-state index is 0.00347. The number of hydrogen-bond donors (Lipinski definition) is 1. The van der Waals surface area contributed by atoms with Crippen LogP contribution in [0.2, 0.25) is 0 Å². The van der Waals surface area contributed by atoms with Gasteiger partial charge >= 0.3 is 0 Å². The molecule has 0 aliphatic carbocycles. The van der Waals surface area contributed by atoms with E-state index in [1.165, 1.54) is 0 Å². The van der Waals surface area contributed by atoms with E-state index in [9.17, 15) is 9.59 Å². The van der Waals surface area contributed by atoms with Crippen LogP contribution in [-0.2, 0) is 9.59 Å². The first kappa shape index (κ1) is 15.5. The fraction of sp³-hybridized carbons (Fsp3) is 0.529. The van der Waals surface area contributed by atoms with Crippen molar-refractivity contribution in [2.75, 3.05) is 6.54 Å². The lowest BCUT2D eigenvalue weighted by atomic mass is 9.98. The van der Waals surface area contributed by atoms with Gasteiger partial charge in [0, 0.05) is 6.54 Å². The number of amides is 2. The predicted molar refractivity (Wildman–Crippen MR) is 82.6 cm³/mol. The van der Waals surface area contributed by atoms with Crippen LogP contribution in [0.3, 0.4) is 0 Å². The summed E-state index contributed by atoms with van der Waals surface area (Å²) in [5, 5.41) is 2.84. The Morgan fingerprint density at radius 3 is 2.52 bits per heavy atom. The van der Waals surface area contributed by atoms with Crippen LogP contribution in [-0.4, -0.2) is 29.3 Å². The highest BCUT2D eigenvalue weighted by atomic mass is 16.2. The predicted octanol–water partition coefficient (Wildman–Crippen LogP) is 2.51. The standard InChI is InChI=1S/C17H24N2O2/c1-4-8-12(2)11-19-13(3)16(20)18-15(17(19)21)14-9-6-5-7-10-14/h5-7,9-10,12-13,15H,4,8,11H2,1-3H3,(H,18,20). The van der Waals surface area contributed by atoms with Crippen LogP contribution in [0.15, 0.2) is 30.3 Å². The smallest absolute Gasteiger partial charge is 0.250 e. The molecule has 21 heavy (non-hydrogen) atoms. The highest BCUT2D eigenvalue weighted by molar-refractivity contribution is 5.97. The van der Waals surface area contributed by atoms with Crippen molar-refractivity contribution in [1.29, 1.82) is 0 Å². The highest BCUT2D eigenvalue weighted by Crippen LogP contribution is 2.23. The average molecular weight is 288 g/mol. The molecule has 3 atom stereocenters. The summed E-state index contributed by atoms with van der Waals surface area (Å²) < 4.78 is 0. The van der Waals surface area contributed by atoms with Gasteiger partial charge < -0.3 is 10.2 Å². The quantitative estimate of drug-likeness (QED) is 0.905. The molecule has 0 spiro atoms. The molecule has 114 valence electrons. The second kappa shape index (κ2) is 6.74. The summed E-state index contributed by atoms with van der Waals surface area (Å²) in [6.07, 6.45) is 2.15. The van der Waals surface area contributed by atoms with E-state index < -0.39 is 12.1 Å². The van der Waals surface area contributed by atoms with Crippen molar-refractivity contribution in [2.24, 2.45) is 5.92 Å². The van der Waals surface area contributed by atoms with E-state index in [2.05, 4.69) is 19.2 Å². The van der Waals surface area contributed by atoms with Gasteiger partial charge in [-0.25, -0.2) is 0 Å². The Morgan fingerprint density at radius 1 is 1.24 bits per heavy atom. The zero-order valence-electron chi connectivity index (χ0n) is 13.0. The molecule has 4 heteroatoms. The molecule has 1 N–H and O–H groups in total. The third-order valence-electron chi connectivity index (χ3n) is 4.09. The highest BCUT2D eigenvalue weighted by Gasteiger charge is 2.38. The van der Waals surface area contributed by atoms with Crippen molar-refractivity contribution in [2.45, 2.75) is 45.7 Å². The van der Waals surface area contributed by atoms with Gasteiger partial charge in [-0.3, -0.25) is 9.59 Å². The summed E-state index contributed by atoms with van der Waals surface area (Å²) >= 11 is 0. The number of nitrogens with one attached hydrogen (secondary N) is 1. The van der Waals surface area contributed by atoms with Gasteiger partial charge in [-0.1, -0.05) is 50.6 Å². The Hall–Kier alpha value is -1.84. The molecular weight excluding hydrogens is 264 g/mol. The molecule has 2 rings (SSSR count). The van der Waals surface area contributed by atoms with Crippen molar-refractivity contribution in [3.63, 3.8) is 0 Å². The third kappa shape index (κ3) is 3.43. The van der Waals surface area contributed by atoms with E-state index in [4.69, 9.17) is 0 Å². The van der Waals surface area contributed by atoms with E-state index in [1.807, 2.05) is 30.3 Å². The number of piperazine rings is 1. The van der Waals surface area contributed by atoms with Crippen LogP contribution in [0.5, 0.6) is 0 Å². The largest absolute Gasteiger partial charge is 0.339 e. The van der Waals surface area contributed by atoms with E-state index in [0.717, 1.165) is 18.4 Å². The topological polar surface area (TPSA) is 49.4 Å². The van der Waals surface area contributed by atoms with Crippen molar-refractivity contribution in [3.05, 3.63) is 35.9 Å². The lowest BCUT2D eigenvalue weighted by Gasteiger charge is -2.38. The maximum atomic E-state index is 12.7. The van der Waals surface area contributed by atoms with E-state index in [-0.39, 0.29) is 11.8 Å². The normalized spacial score (nSPS) is 23.9. The first-order chi connectivity index (χ1) is 10.0. The molecule has 4 nitrogen and oxygen atoms in total. The number of carbonyl (C=O) groups is 2. The SMILES string of the molecule is CCCC(C)CN1C(=O)C(c2ccccc2)NC(=O)C1C. The van der Waals surface area contributed by atoms with Crippen LogP contribution >= 0.6 is 0 Å². The van der Waals surface area contributed by atoms with E-state index in [0.29, 0.717) is 12.5 Å². The molecule has 0 radical (unpaired) electrons. The summed E-state index contributed by atoms with van der Waals surface area (Å²) in [4.78, 5) is 26.6. The summed E-state index contributed by atoms with van der Waals surface area (Å²) in [6.45, 7) is 6.71. The van der Waals surface area contributed by atoms with E-state index >= 15 is 0 Å². The number of hydrogen-bond acceptors (Lipinski definition) is 2. The molecule has 3 unspecified atom stereocenters. The Labute approximate surface area is 126 Å². The van der Waals surface area contributed by atoms with Gasteiger partial charge in [-0.2, -0.15) is 0 Å². The second-order valence-corrected chi connectivity index (χ2v) is 5.91. The summed E-state index contributed by atoms with van der Waals surface area (Å²) in [5.41, 5.74) is 0.843. The van der Waals surface area contributed by atoms with Crippen molar-refractivity contribution >= 4 is 11.8 Å². The molecule has 0 aromatic heterocycles. The molecule has 0 bridgehead atoms. The summed E-state index contributed by atoms with van der Waals surface area (Å²) in [6, 6.07) is 8.50. The van der Waals surface area contributed by atoms with Crippen LogP contribution in [0.1, 0.15) is 45.2 Å². The Bertz CT molecular complexity index is 501. The molecule has 1 saturated heterocycles. The second-order valence-electron chi connectivity index (χ2n) is 5.91. The maximum Gasteiger partial charge on any atom is 0.250 e. The number of nitrogens with zero attached hydrogens (tertiary/aromatic N) is 1. The lowest BCUT2D eigenvalue weighted by Crippen LogP contribution is -2.59. The first-order valence-corrected chi connectivity index (χ1v) is 7.70. The van der Waals surface area contributed by atoms with Crippen molar-refractivity contribution < 1.29 is 9.59 Å². The molecular formula is C17H24N2O2. The molecule has 1 aromatic carbocycles. The number of carbonyl (C=O) groups excluding carboxylic acids is 2. The van der Waals surface area contributed by atoms with E-state index in [1.54, 1.807) is 11.8 Å². The van der Waals surface area contributed by atoms with Gasteiger partial charge in [0.15, 0.2) is 0 Å². The molecule has 1 heterocycles. The van der Waals surface area contributed by atoms with Crippen molar-refractivity contribution in [3.8, 4) is 0 Å². The molecule has 1 aromatic rings. The fourth-order valence-electron chi connectivity index (χ4n) is 2.86. The molecule has 1 aliphatic rings. The monoisotopic (exact) mass is 288 g/mol. The molecule has 2 amide bonds. The first-order valence-electron chi connectivity index (χ1n) is 7.70. The van der Waals surface area contributed by atoms with Gasteiger partial charge in [0.05, 0.1) is 0 Å². The van der Waals surface area contributed by atoms with Gasteiger partial charge in [-0.15, -0.1) is 0 Å². The zero-order chi connectivity index (χ0) is 15.4. The van der Waals surface area contributed by atoms with Gasteiger partial charge in [-0.05, 0) is 24.8 Å². The fourth-order valence-corrected chi connectivity index (χ4v) is 2.86. The molecule has 1 fully saturated rings. The third-order valence-corrected chi connectivity index (χ3v) is 4.09. The van der Waals surface area contributed by atoms with Gasteiger partial charge in [0.2, 0.25) is 11.8 Å². The van der Waals surface area contributed by atoms with Gasteiger partial charge in [0.1, 0.15) is 12.1 Å². The molecule has 0 saturated carbocycles. The number of rotatable bonds is 5. The lowest BCUT2D eigenvalue weighted by molar-refractivity contribution is -0.149. The number of benzene rings is 1.